The first-order valence-corrected chi connectivity index (χ1v) is 4.40. The van der Waals surface area contributed by atoms with Crippen LogP contribution < -0.4 is 5.32 Å². The van der Waals surface area contributed by atoms with Gasteiger partial charge in [-0.25, -0.2) is 8.78 Å². The highest BCUT2D eigenvalue weighted by atomic mass is 19.1. The second kappa shape index (κ2) is 4.68. The molecule has 0 unspecified atom stereocenters. The van der Waals surface area contributed by atoms with Crippen LogP contribution in [0, 0.1) is 11.6 Å². The Labute approximate surface area is 86.6 Å². The molecule has 0 saturated heterocycles. The summed E-state index contributed by atoms with van der Waals surface area (Å²) in [5.74, 6) is -2.12. The van der Waals surface area contributed by atoms with Crippen molar-refractivity contribution < 1.29 is 13.6 Å². The SMILES string of the molecule is CC(C)=CC(=O)Nc1c(F)cccc1F. The van der Waals surface area contributed by atoms with E-state index in [0.29, 0.717) is 0 Å². The molecule has 0 aliphatic rings. The first kappa shape index (κ1) is 11.4. The van der Waals surface area contributed by atoms with Gasteiger partial charge in [0.05, 0.1) is 0 Å². The summed E-state index contributed by atoms with van der Waals surface area (Å²) < 4.78 is 26.1. The van der Waals surface area contributed by atoms with Gasteiger partial charge in [0.1, 0.15) is 17.3 Å². The molecule has 1 amide bonds. The van der Waals surface area contributed by atoms with Gasteiger partial charge in [-0.2, -0.15) is 0 Å². The third-order valence-corrected chi connectivity index (χ3v) is 1.63. The molecule has 15 heavy (non-hydrogen) atoms. The van der Waals surface area contributed by atoms with Gasteiger partial charge in [0.15, 0.2) is 0 Å². The maximum absolute atomic E-state index is 13.1. The summed E-state index contributed by atoms with van der Waals surface area (Å²) in [5, 5.41) is 2.14. The molecule has 0 heterocycles. The smallest absolute Gasteiger partial charge is 0.248 e. The van der Waals surface area contributed by atoms with Crippen molar-refractivity contribution in [3.8, 4) is 0 Å². The Kier molecular flexibility index (Phi) is 3.55. The first-order chi connectivity index (χ1) is 7.00. The van der Waals surface area contributed by atoms with E-state index >= 15 is 0 Å². The standard InChI is InChI=1S/C11H11F2NO/c1-7(2)6-10(15)14-11-8(12)4-3-5-9(11)13/h3-6H,1-2H3,(H,14,15). The predicted molar refractivity (Wildman–Crippen MR) is 54.4 cm³/mol. The molecule has 0 atom stereocenters. The van der Waals surface area contributed by atoms with Crippen LogP contribution in [-0.2, 0) is 4.79 Å². The van der Waals surface area contributed by atoms with Crippen molar-refractivity contribution in [2.75, 3.05) is 5.32 Å². The van der Waals surface area contributed by atoms with Crippen LogP contribution in [0.4, 0.5) is 14.5 Å². The van der Waals surface area contributed by atoms with Crippen LogP contribution in [0.15, 0.2) is 29.8 Å². The molecule has 1 aromatic carbocycles. The summed E-state index contributed by atoms with van der Waals surface area (Å²) in [6.07, 6.45) is 1.27. The highest BCUT2D eigenvalue weighted by Gasteiger charge is 2.09. The maximum atomic E-state index is 13.1. The number of allylic oxidation sites excluding steroid dienone is 1. The van der Waals surface area contributed by atoms with E-state index in [0.717, 1.165) is 17.7 Å². The number of hydrogen-bond acceptors (Lipinski definition) is 1. The van der Waals surface area contributed by atoms with Crippen molar-refractivity contribution in [1.82, 2.24) is 0 Å². The highest BCUT2D eigenvalue weighted by molar-refractivity contribution is 5.99. The van der Waals surface area contributed by atoms with E-state index in [9.17, 15) is 13.6 Å². The number of carbonyl (C=O) groups is 1. The normalized spacial score (nSPS) is 9.60. The second-order valence-corrected chi connectivity index (χ2v) is 3.31. The topological polar surface area (TPSA) is 29.1 Å². The van der Waals surface area contributed by atoms with Crippen LogP contribution in [0.3, 0.4) is 0 Å². The summed E-state index contributed by atoms with van der Waals surface area (Å²) in [4.78, 5) is 11.2. The molecular formula is C11H11F2NO. The van der Waals surface area contributed by atoms with Gasteiger partial charge < -0.3 is 5.32 Å². The van der Waals surface area contributed by atoms with Gasteiger partial charge in [0, 0.05) is 6.08 Å². The van der Waals surface area contributed by atoms with Gasteiger partial charge in [-0.3, -0.25) is 4.79 Å². The van der Waals surface area contributed by atoms with E-state index in [1.165, 1.54) is 12.1 Å². The molecule has 0 aromatic heterocycles. The lowest BCUT2D eigenvalue weighted by atomic mass is 10.2. The van der Waals surface area contributed by atoms with Crippen LogP contribution in [-0.4, -0.2) is 5.91 Å². The summed E-state index contributed by atoms with van der Waals surface area (Å²) in [6.45, 7) is 3.44. The molecule has 1 rings (SSSR count). The quantitative estimate of drug-likeness (QED) is 0.749. The van der Waals surface area contributed by atoms with E-state index in [2.05, 4.69) is 5.32 Å². The fourth-order valence-electron chi connectivity index (χ4n) is 1.04. The molecule has 0 spiro atoms. The molecule has 1 N–H and O–H groups in total. The zero-order valence-corrected chi connectivity index (χ0v) is 8.47. The van der Waals surface area contributed by atoms with E-state index in [-0.39, 0.29) is 0 Å². The number of halogens is 2. The Morgan fingerprint density at radius 1 is 1.27 bits per heavy atom. The lowest BCUT2D eigenvalue weighted by Crippen LogP contribution is -2.11. The molecular weight excluding hydrogens is 200 g/mol. The largest absolute Gasteiger partial charge is 0.318 e. The number of anilines is 1. The van der Waals surface area contributed by atoms with Crippen molar-refractivity contribution >= 4 is 11.6 Å². The summed E-state index contributed by atoms with van der Waals surface area (Å²) in [7, 11) is 0. The maximum Gasteiger partial charge on any atom is 0.248 e. The van der Waals surface area contributed by atoms with Gasteiger partial charge in [0.2, 0.25) is 5.91 Å². The fraction of sp³-hybridized carbons (Fsp3) is 0.182. The Hall–Kier alpha value is -1.71. The summed E-state index contributed by atoms with van der Waals surface area (Å²) in [5.41, 5.74) is 0.337. The number of carbonyl (C=O) groups excluding carboxylic acids is 1. The highest BCUT2D eigenvalue weighted by Crippen LogP contribution is 2.17. The third kappa shape index (κ3) is 3.16. The van der Waals surface area contributed by atoms with Crippen molar-refractivity contribution in [3.05, 3.63) is 41.5 Å². The van der Waals surface area contributed by atoms with Crippen LogP contribution in [0.1, 0.15) is 13.8 Å². The van der Waals surface area contributed by atoms with Gasteiger partial charge >= 0.3 is 0 Å². The third-order valence-electron chi connectivity index (χ3n) is 1.63. The lowest BCUT2D eigenvalue weighted by Gasteiger charge is -2.04. The van der Waals surface area contributed by atoms with E-state index < -0.39 is 23.2 Å². The monoisotopic (exact) mass is 211 g/mol. The van der Waals surface area contributed by atoms with Gasteiger partial charge in [-0.05, 0) is 26.0 Å². The molecule has 4 heteroatoms. The molecule has 80 valence electrons. The van der Waals surface area contributed by atoms with Crippen LogP contribution >= 0.6 is 0 Å². The molecule has 0 bridgehead atoms. The van der Waals surface area contributed by atoms with Crippen LogP contribution in [0.2, 0.25) is 0 Å². The van der Waals surface area contributed by atoms with Crippen LogP contribution in [0.25, 0.3) is 0 Å². The van der Waals surface area contributed by atoms with E-state index in [4.69, 9.17) is 0 Å². The average Bonchev–Trinajstić information content (AvgIpc) is 2.10. The molecule has 0 aliphatic heterocycles. The number of benzene rings is 1. The van der Waals surface area contributed by atoms with E-state index in [1.54, 1.807) is 13.8 Å². The zero-order chi connectivity index (χ0) is 11.4. The van der Waals surface area contributed by atoms with Gasteiger partial charge in [-0.15, -0.1) is 0 Å². The molecule has 0 saturated carbocycles. The number of hydrogen-bond donors (Lipinski definition) is 1. The minimum atomic E-state index is -0.787. The van der Waals surface area contributed by atoms with Crippen molar-refractivity contribution in [3.63, 3.8) is 0 Å². The van der Waals surface area contributed by atoms with Crippen molar-refractivity contribution in [2.24, 2.45) is 0 Å². The average molecular weight is 211 g/mol. The van der Waals surface area contributed by atoms with Gasteiger partial charge in [0.25, 0.3) is 0 Å². The Morgan fingerprint density at radius 3 is 2.27 bits per heavy atom. The Balaban J connectivity index is 2.90. The number of para-hydroxylation sites is 1. The number of nitrogens with one attached hydrogen (secondary N) is 1. The summed E-state index contributed by atoms with van der Waals surface area (Å²) >= 11 is 0. The molecule has 0 fully saturated rings. The minimum Gasteiger partial charge on any atom is -0.318 e. The van der Waals surface area contributed by atoms with E-state index in [1.807, 2.05) is 0 Å². The molecule has 0 aliphatic carbocycles. The minimum absolute atomic E-state index is 0.417. The lowest BCUT2D eigenvalue weighted by molar-refractivity contribution is -0.112. The van der Waals surface area contributed by atoms with Gasteiger partial charge in [-0.1, -0.05) is 11.6 Å². The molecule has 1 aromatic rings. The number of amides is 1. The molecule has 2 nitrogen and oxygen atoms in total. The van der Waals surface area contributed by atoms with Crippen LogP contribution in [0.5, 0.6) is 0 Å². The number of rotatable bonds is 2. The predicted octanol–water partition coefficient (Wildman–Crippen LogP) is 2.87. The Bertz CT molecular complexity index is 389. The fourth-order valence-corrected chi connectivity index (χ4v) is 1.04. The van der Waals surface area contributed by atoms with Crippen molar-refractivity contribution in [1.29, 1.82) is 0 Å². The molecule has 0 radical (unpaired) electrons. The zero-order valence-electron chi connectivity index (χ0n) is 8.47. The first-order valence-electron chi connectivity index (χ1n) is 4.40. The second-order valence-electron chi connectivity index (χ2n) is 3.31. The van der Waals surface area contributed by atoms with Crippen molar-refractivity contribution in [2.45, 2.75) is 13.8 Å². The Morgan fingerprint density at radius 2 is 1.80 bits per heavy atom. The summed E-state index contributed by atoms with van der Waals surface area (Å²) in [6, 6.07) is 3.41.